The molecule has 0 spiro atoms. The zero-order valence-electron chi connectivity index (χ0n) is 17.0. The maximum atomic E-state index is 12.5. The van der Waals surface area contributed by atoms with Gasteiger partial charge in [0.05, 0.1) is 12.2 Å². The van der Waals surface area contributed by atoms with Crippen LogP contribution in [-0.2, 0) is 6.54 Å². The lowest BCUT2D eigenvalue weighted by molar-refractivity contribution is 0.0945. The van der Waals surface area contributed by atoms with Crippen LogP contribution < -0.4 is 15.5 Å². The van der Waals surface area contributed by atoms with Crippen LogP contribution in [0.25, 0.3) is 0 Å². The molecule has 7 nitrogen and oxygen atoms in total. The van der Waals surface area contributed by atoms with Crippen molar-refractivity contribution in [1.82, 2.24) is 20.3 Å². The normalized spacial score (nSPS) is 10.4. The van der Waals surface area contributed by atoms with E-state index in [2.05, 4.69) is 56.5 Å². The van der Waals surface area contributed by atoms with Gasteiger partial charge in [-0.1, -0.05) is 6.07 Å². The zero-order valence-corrected chi connectivity index (χ0v) is 17.0. The fraction of sp³-hybridized carbons (Fsp3) is 0.273. The van der Waals surface area contributed by atoms with Crippen molar-refractivity contribution in [2.75, 3.05) is 23.3 Å². The van der Waals surface area contributed by atoms with E-state index in [9.17, 15) is 4.79 Å². The van der Waals surface area contributed by atoms with E-state index in [1.165, 1.54) is 5.69 Å². The Labute approximate surface area is 171 Å². The molecule has 0 radical (unpaired) electrons. The first-order valence-corrected chi connectivity index (χ1v) is 9.75. The zero-order chi connectivity index (χ0) is 20.6. The highest BCUT2D eigenvalue weighted by atomic mass is 16.1. The van der Waals surface area contributed by atoms with Gasteiger partial charge in [0.25, 0.3) is 5.91 Å². The number of aryl methyl sites for hydroxylation is 1. The van der Waals surface area contributed by atoms with Crippen LogP contribution in [0.15, 0.2) is 54.7 Å². The monoisotopic (exact) mass is 390 g/mol. The molecule has 1 aromatic carbocycles. The smallest absolute Gasteiger partial charge is 0.270 e. The summed E-state index contributed by atoms with van der Waals surface area (Å²) in [4.78, 5) is 27.7. The fourth-order valence-corrected chi connectivity index (χ4v) is 2.98. The van der Waals surface area contributed by atoms with Gasteiger partial charge in [-0.3, -0.25) is 9.78 Å². The number of nitrogens with zero attached hydrogens (tertiary/aromatic N) is 4. The minimum absolute atomic E-state index is 0.263. The van der Waals surface area contributed by atoms with Gasteiger partial charge >= 0.3 is 0 Å². The van der Waals surface area contributed by atoms with Crippen molar-refractivity contribution in [3.05, 3.63) is 71.8 Å². The average molecular weight is 390 g/mol. The SMILES string of the molecule is CCN(CC)c1ccc(Nc2nc(C)cc(C(=O)NCc3ccccn3)n2)cc1. The molecule has 2 N–H and O–H groups in total. The lowest BCUT2D eigenvalue weighted by Crippen LogP contribution is -2.24. The molecule has 2 heterocycles. The number of benzene rings is 1. The number of rotatable bonds is 8. The highest BCUT2D eigenvalue weighted by molar-refractivity contribution is 5.92. The summed E-state index contributed by atoms with van der Waals surface area (Å²) in [6.45, 7) is 8.38. The Kier molecular flexibility index (Phi) is 6.73. The Hall–Kier alpha value is -3.48. The molecular formula is C22H26N6O. The van der Waals surface area contributed by atoms with Crippen molar-refractivity contribution in [2.45, 2.75) is 27.3 Å². The lowest BCUT2D eigenvalue weighted by atomic mass is 10.2. The predicted molar refractivity (Wildman–Crippen MR) is 115 cm³/mol. The molecule has 0 aliphatic heterocycles. The van der Waals surface area contributed by atoms with Crippen LogP contribution in [0.4, 0.5) is 17.3 Å². The Morgan fingerprint density at radius 2 is 1.79 bits per heavy atom. The molecule has 0 aliphatic rings. The summed E-state index contributed by atoms with van der Waals surface area (Å²) < 4.78 is 0. The molecule has 0 saturated heterocycles. The third-order valence-corrected chi connectivity index (χ3v) is 4.50. The summed E-state index contributed by atoms with van der Waals surface area (Å²) in [5.74, 6) is 0.129. The molecule has 150 valence electrons. The molecule has 0 fully saturated rings. The Bertz CT molecular complexity index is 939. The Morgan fingerprint density at radius 1 is 1.03 bits per heavy atom. The first-order chi connectivity index (χ1) is 14.1. The summed E-state index contributed by atoms with van der Waals surface area (Å²) >= 11 is 0. The first-order valence-electron chi connectivity index (χ1n) is 9.75. The molecule has 1 amide bonds. The number of hydrogen-bond acceptors (Lipinski definition) is 6. The molecule has 0 bridgehead atoms. The second kappa shape index (κ2) is 9.64. The van der Waals surface area contributed by atoms with Crippen molar-refractivity contribution in [2.24, 2.45) is 0 Å². The van der Waals surface area contributed by atoms with Gasteiger partial charge in [0.2, 0.25) is 5.95 Å². The lowest BCUT2D eigenvalue weighted by Gasteiger charge is -2.21. The van der Waals surface area contributed by atoms with Gasteiger partial charge in [0, 0.05) is 36.4 Å². The van der Waals surface area contributed by atoms with Gasteiger partial charge in [0.1, 0.15) is 5.69 Å². The van der Waals surface area contributed by atoms with Crippen LogP contribution in [0.1, 0.15) is 35.7 Å². The minimum Gasteiger partial charge on any atom is -0.372 e. The van der Waals surface area contributed by atoms with E-state index < -0.39 is 0 Å². The van der Waals surface area contributed by atoms with Crippen molar-refractivity contribution in [1.29, 1.82) is 0 Å². The molecule has 3 rings (SSSR count). The standard InChI is InChI=1S/C22H26N6O/c1-4-28(5-2)19-11-9-17(10-12-19)26-22-25-16(3)14-20(27-22)21(29)24-15-18-8-6-7-13-23-18/h6-14H,4-5,15H2,1-3H3,(H,24,29)(H,25,26,27). The van der Waals surface area contributed by atoms with E-state index in [1.54, 1.807) is 12.3 Å². The van der Waals surface area contributed by atoms with E-state index in [0.717, 1.165) is 24.5 Å². The molecule has 0 aliphatic carbocycles. The number of anilines is 3. The summed E-state index contributed by atoms with van der Waals surface area (Å²) in [5.41, 5.74) is 3.85. The molecule has 0 unspecified atom stereocenters. The number of carbonyl (C=O) groups excluding carboxylic acids is 1. The minimum atomic E-state index is -0.263. The highest BCUT2D eigenvalue weighted by Gasteiger charge is 2.11. The van der Waals surface area contributed by atoms with E-state index in [1.807, 2.05) is 37.3 Å². The summed E-state index contributed by atoms with van der Waals surface area (Å²) in [7, 11) is 0. The number of amides is 1. The maximum absolute atomic E-state index is 12.5. The van der Waals surface area contributed by atoms with Crippen molar-refractivity contribution in [3.63, 3.8) is 0 Å². The van der Waals surface area contributed by atoms with Crippen LogP contribution >= 0.6 is 0 Å². The van der Waals surface area contributed by atoms with Crippen molar-refractivity contribution < 1.29 is 4.79 Å². The van der Waals surface area contributed by atoms with Crippen LogP contribution in [0.3, 0.4) is 0 Å². The number of aromatic nitrogens is 3. The van der Waals surface area contributed by atoms with Gasteiger partial charge in [-0.15, -0.1) is 0 Å². The largest absolute Gasteiger partial charge is 0.372 e. The van der Waals surface area contributed by atoms with Crippen molar-refractivity contribution >= 4 is 23.2 Å². The summed E-state index contributed by atoms with van der Waals surface area (Å²) in [6.07, 6.45) is 1.70. The Morgan fingerprint density at radius 3 is 2.45 bits per heavy atom. The molecule has 7 heteroatoms. The molecule has 3 aromatic rings. The average Bonchev–Trinajstić information content (AvgIpc) is 2.74. The second-order valence-electron chi connectivity index (χ2n) is 6.57. The van der Waals surface area contributed by atoms with Gasteiger partial charge in [-0.25, -0.2) is 9.97 Å². The van der Waals surface area contributed by atoms with Gasteiger partial charge in [-0.2, -0.15) is 0 Å². The topological polar surface area (TPSA) is 83.0 Å². The highest BCUT2D eigenvalue weighted by Crippen LogP contribution is 2.20. The third kappa shape index (κ3) is 5.51. The fourth-order valence-electron chi connectivity index (χ4n) is 2.98. The van der Waals surface area contributed by atoms with Crippen LogP contribution in [0.2, 0.25) is 0 Å². The maximum Gasteiger partial charge on any atom is 0.270 e. The van der Waals surface area contributed by atoms with Gasteiger partial charge in [-0.05, 0) is 63.2 Å². The van der Waals surface area contributed by atoms with Crippen molar-refractivity contribution in [3.8, 4) is 0 Å². The van der Waals surface area contributed by atoms with Gasteiger partial charge in [0.15, 0.2) is 0 Å². The first kappa shape index (κ1) is 20.3. The Balaban J connectivity index is 1.69. The second-order valence-corrected chi connectivity index (χ2v) is 6.57. The predicted octanol–water partition coefficient (Wildman–Crippen LogP) is 3.70. The quantitative estimate of drug-likeness (QED) is 0.610. The third-order valence-electron chi connectivity index (χ3n) is 4.50. The van der Waals surface area contributed by atoms with Crippen LogP contribution in [0.5, 0.6) is 0 Å². The molecular weight excluding hydrogens is 364 g/mol. The van der Waals surface area contributed by atoms with Gasteiger partial charge < -0.3 is 15.5 Å². The molecule has 0 saturated carbocycles. The van der Waals surface area contributed by atoms with E-state index in [-0.39, 0.29) is 5.91 Å². The number of nitrogens with one attached hydrogen (secondary N) is 2. The number of carbonyl (C=O) groups is 1. The van der Waals surface area contributed by atoms with E-state index in [0.29, 0.717) is 23.9 Å². The summed E-state index contributed by atoms with van der Waals surface area (Å²) in [5, 5.41) is 6.02. The molecule has 29 heavy (non-hydrogen) atoms. The molecule has 0 atom stereocenters. The van der Waals surface area contributed by atoms with Crippen LogP contribution in [0, 0.1) is 6.92 Å². The summed E-state index contributed by atoms with van der Waals surface area (Å²) in [6, 6.07) is 15.3. The van der Waals surface area contributed by atoms with Crippen LogP contribution in [-0.4, -0.2) is 33.9 Å². The number of hydrogen-bond donors (Lipinski definition) is 2. The molecule has 2 aromatic heterocycles. The van der Waals surface area contributed by atoms with E-state index in [4.69, 9.17) is 0 Å². The number of pyridine rings is 1. The van der Waals surface area contributed by atoms with E-state index >= 15 is 0 Å².